The van der Waals surface area contributed by atoms with Crippen LogP contribution in [0.4, 0.5) is 11.4 Å². The number of nitrogens with zero attached hydrogens (tertiary/aromatic N) is 3. The molecule has 1 aromatic carbocycles. The number of likely N-dealkylation sites (tertiary alicyclic amines) is 1. The molecule has 0 aromatic heterocycles. The molecule has 0 bridgehead atoms. The van der Waals surface area contributed by atoms with Crippen LogP contribution < -0.4 is 10.5 Å². The van der Waals surface area contributed by atoms with Crippen LogP contribution in [0.5, 0.6) is 0 Å². The topological polar surface area (TPSA) is 139 Å². The van der Waals surface area contributed by atoms with Crippen LogP contribution >= 0.6 is 0 Å². The van der Waals surface area contributed by atoms with Crippen LogP contribution in [0.1, 0.15) is 12.8 Å². The molecule has 10 nitrogen and oxygen atoms in total. The van der Waals surface area contributed by atoms with Crippen molar-refractivity contribution in [2.75, 3.05) is 45.6 Å². The average molecular weight is 399 g/mol. The van der Waals surface area contributed by atoms with Gasteiger partial charge in [-0.25, -0.2) is 13.6 Å². The molecule has 0 aliphatic carbocycles. The third kappa shape index (κ3) is 5.88. The van der Waals surface area contributed by atoms with Gasteiger partial charge in [0, 0.05) is 25.7 Å². The minimum atomic E-state index is -4.01. The first-order chi connectivity index (χ1) is 12.6. The van der Waals surface area contributed by atoms with Crippen molar-refractivity contribution in [3.8, 4) is 0 Å². The number of amides is 1. The number of nitrogens with two attached hydrogens (primary N) is 1. The Morgan fingerprint density at radius 3 is 2.52 bits per heavy atom. The Labute approximate surface area is 158 Å². The molecule has 0 radical (unpaired) electrons. The van der Waals surface area contributed by atoms with Crippen molar-refractivity contribution < 1.29 is 18.1 Å². The molecule has 1 amide bonds. The van der Waals surface area contributed by atoms with E-state index in [4.69, 9.17) is 5.14 Å². The molecule has 1 aliphatic rings. The van der Waals surface area contributed by atoms with Crippen LogP contribution in [-0.4, -0.2) is 69.3 Å². The minimum Gasteiger partial charge on any atom is -0.379 e. The quantitative estimate of drug-likeness (QED) is 0.501. The number of piperidine rings is 1. The lowest BCUT2D eigenvalue weighted by Gasteiger charge is -2.32. The van der Waals surface area contributed by atoms with Gasteiger partial charge in [-0.3, -0.25) is 14.9 Å². The number of hydrogen-bond acceptors (Lipinski definition) is 7. The number of nitro benzene ring substituents is 1. The van der Waals surface area contributed by atoms with E-state index in [1.807, 2.05) is 23.9 Å². The fourth-order valence-electron chi connectivity index (χ4n) is 3.00. The molecule has 1 fully saturated rings. The van der Waals surface area contributed by atoms with Crippen molar-refractivity contribution in [1.82, 2.24) is 9.80 Å². The van der Waals surface area contributed by atoms with E-state index in [0.717, 1.165) is 18.9 Å². The Morgan fingerprint density at radius 2 is 2.00 bits per heavy atom. The van der Waals surface area contributed by atoms with E-state index in [2.05, 4.69) is 5.32 Å². The number of benzene rings is 1. The molecular formula is C16H25N5O5S. The second-order valence-electron chi connectivity index (χ2n) is 6.92. The third-order valence-corrected chi connectivity index (χ3v) is 5.41. The molecule has 27 heavy (non-hydrogen) atoms. The van der Waals surface area contributed by atoms with E-state index in [1.165, 1.54) is 12.1 Å². The van der Waals surface area contributed by atoms with Gasteiger partial charge in [-0.15, -0.1) is 0 Å². The standard InChI is InChI=1S/C16H25N5O5S/c1-19(2)11-16(22)20-7-5-12(6-8-20)10-18-14-4-3-13(27(17,25)26)9-15(14)21(23)24/h3-4,9,12,18H,5-8,10-11H2,1-2H3,(H2,17,25,26). The minimum absolute atomic E-state index is 0.0978. The van der Waals surface area contributed by atoms with Gasteiger partial charge in [0.25, 0.3) is 5.69 Å². The summed E-state index contributed by atoms with van der Waals surface area (Å²) in [5.41, 5.74) is -0.0846. The molecule has 0 saturated carbocycles. The Balaban J connectivity index is 1.96. The van der Waals surface area contributed by atoms with E-state index in [1.54, 1.807) is 0 Å². The van der Waals surface area contributed by atoms with E-state index in [0.29, 0.717) is 26.2 Å². The number of anilines is 1. The van der Waals surface area contributed by atoms with Crippen molar-refractivity contribution in [3.05, 3.63) is 28.3 Å². The third-order valence-electron chi connectivity index (χ3n) is 4.49. The fraction of sp³-hybridized carbons (Fsp3) is 0.562. The lowest BCUT2D eigenvalue weighted by molar-refractivity contribution is -0.384. The largest absolute Gasteiger partial charge is 0.379 e. The number of hydrogen-bond donors (Lipinski definition) is 2. The lowest BCUT2D eigenvalue weighted by atomic mass is 9.96. The van der Waals surface area contributed by atoms with Gasteiger partial charge in [0.1, 0.15) is 5.69 Å². The summed E-state index contributed by atoms with van der Waals surface area (Å²) in [5.74, 6) is 0.367. The SMILES string of the molecule is CN(C)CC(=O)N1CCC(CNc2ccc(S(N)(=O)=O)cc2[N+](=O)[O-])CC1. The van der Waals surface area contributed by atoms with Gasteiger partial charge < -0.3 is 15.1 Å². The highest BCUT2D eigenvalue weighted by atomic mass is 32.2. The average Bonchev–Trinajstić information content (AvgIpc) is 2.58. The number of carbonyl (C=O) groups excluding carboxylic acids is 1. The first-order valence-corrected chi connectivity index (χ1v) is 10.1. The van der Waals surface area contributed by atoms with Crippen LogP contribution in [0.15, 0.2) is 23.1 Å². The van der Waals surface area contributed by atoms with Gasteiger partial charge in [0.15, 0.2) is 0 Å². The number of sulfonamides is 1. The fourth-order valence-corrected chi connectivity index (χ4v) is 3.53. The number of rotatable bonds is 7. The van der Waals surface area contributed by atoms with Crippen molar-refractivity contribution >= 4 is 27.3 Å². The highest BCUT2D eigenvalue weighted by Gasteiger charge is 2.24. The maximum Gasteiger partial charge on any atom is 0.293 e. The van der Waals surface area contributed by atoms with Crippen molar-refractivity contribution in [1.29, 1.82) is 0 Å². The van der Waals surface area contributed by atoms with Crippen molar-refractivity contribution in [2.24, 2.45) is 11.1 Å². The van der Waals surface area contributed by atoms with Gasteiger partial charge >= 0.3 is 0 Å². The Hall–Kier alpha value is -2.24. The summed E-state index contributed by atoms with van der Waals surface area (Å²) in [6.07, 6.45) is 1.60. The van der Waals surface area contributed by atoms with Gasteiger partial charge in [-0.2, -0.15) is 0 Å². The smallest absolute Gasteiger partial charge is 0.293 e. The lowest BCUT2D eigenvalue weighted by Crippen LogP contribution is -2.43. The number of likely N-dealkylation sites (N-methyl/N-ethyl adjacent to an activating group) is 1. The number of primary sulfonamides is 1. The molecule has 1 aromatic rings. The first-order valence-electron chi connectivity index (χ1n) is 8.55. The maximum absolute atomic E-state index is 12.1. The molecule has 0 unspecified atom stereocenters. The van der Waals surface area contributed by atoms with Crippen LogP contribution in [0.25, 0.3) is 0 Å². The molecule has 1 saturated heterocycles. The molecule has 0 spiro atoms. The number of nitrogens with one attached hydrogen (secondary N) is 1. The van der Waals surface area contributed by atoms with Crippen LogP contribution in [0.2, 0.25) is 0 Å². The summed E-state index contributed by atoms with van der Waals surface area (Å²) < 4.78 is 22.8. The molecular weight excluding hydrogens is 374 g/mol. The molecule has 150 valence electrons. The molecule has 1 aliphatic heterocycles. The summed E-state index contributed by atoms with van der Waals surface area (Å²) in [4.78, 5) is 26.0. The van der Waals surface area contributed by atoms with Crippen LogP contribution in [0.3, 0.4) is 0 Å². The second kappa shape index (κ2) is 8.63. The molecule has 11 heteroatoms. The summed E-state index contributed by atoms with van der Waals surface area (Å²) in [7, 11) is -0.307. The highest BCUT2D eigenvalue weighted by molar-refractivity contribution is 7.89. The Bertz CT molecular complexity index is 803. The molecule has 1 heterocycles. The first kappa shape index (κ1) is 21.1. The van der Waals surface area contributed by atoms with E-state index < -0.39 is 14.9 Å². The Kier molecular flexibility index (Phi) is 6.73. The number of nitro groups is 1. The molecule has 3 N–H and O–H groups in total. The predicted octanol–water partition coefficient (Wildman–Crippen LogP) is 0.454. The van der Waals surface area contributed by atoms with Gasteiger partial charge in [-0.1, -0.05) is 0 Å². The van der Waals surface area contributed by atoms with Gasteiger partial charge in [0.2, 0.25) is 15.9 Å². The van der Waals surface area contributed by atoms with Crippen molar-refractivity contribution in [3.63, 3.8) is 0 Å². The molecule has 2 rings (SSSR count). The van der Waals surface area contributed by atoms with E-state index in [-0.39, 0.29) is 28.1 Å². The second-order valence-corrected chi connectivity index (χ2v) is 8.49. The van der Waals surface area contributed by atoms with Gasteiger partial charge in [0.05, 0.1) is 16.4 Å². The van der Waals surface area contributed by atoms with Crippen LogP contribution in [-0.2, 0) is 14.8 Å². The van der Waals surface area contributed by atoms with E-state index in [9.17, 15) is 23.3 Å². The Morgan fingerprint density at radius 1 is 1.37 bits per heavy atom. The zero-order chi connectivity index (χ0) is 20.2. The zero-order valence-corrected chi connectivity index (χ0v) is 16.2. The van der Waals surface area contributed by atoms with E-state index >= 15 is 0 Å². The molecule has 0 atom stereocenters. The van der Waals surface area contributed by atoms with Crippen molar-refractivity contribution in [2.45, 2.75) is 17.7 Å². The van der Waals surface area contributed by atoms with Gasteiger partial charge in [-0.05, 0) is 45.0 Å². The summed E-state index contributed by atoms with van der Waals surface area (Å²) >= 11 is 0. The zero-order valence-electron chi connectivity index (χ0n) is 15.4. The summed E-state index contributed by atoms with van der Waals surface area (Å²) in [6.45, 7) is 2.20. The number of carbonyl (C=O) groups is 1. The maximum atomic E-state index is 12.1. The predicted molar refractivity (Wildman–Crippen MR) is 101 cm³/mol. The highest BCUT2D eigenvalue weighted by Crippen LogP contribution is 2.28. The monoisotopic (exact) mass is 399 g/mol. The normalized spacial score (nSPS) is 15.8. The summed E-state index contributed by atoms with van der Waals surface area (Å²) in [6, 6.07) is 3.56. The van der Waals surface area contributed by atoms with Crippen LogP contribution in [0, 0.1) is 16.0 Å². The summed E-state index contributed by atoms with van der Waals surface area (Å²) in [5, 5.41) is 19.3.